The number of nitrogens with zero attached hydrogens (tertiary/aromatic N) is 3. The third-order valence-corrected chi connectivity index (χ3v) is 4.52. The number of hydrogen-bond acceptors (Lipinski definition) is 4. The van der Waals surface area contributed by atoms with Crippen LogP contribution in [0.3, 0.4) is 0 Å². The van der Waals surface area contributed by atoms with Gasteiger partial charge < -0.3 is 10.2 Å². The molecule has 3 rings (SSSR count). The zero-order valence-corrected chi connectivity index (χ0v) is 13.7. The predicted octanol–water partition coefficient (Wildman–Crippen LogP) is 2.05. The van der Waals surface area contributed by atoms with E-state index in [1.165, 1.54) is 12.4 Å². The van der Waals surface area contributed by atoms with Crippen LogP contribution in [0.15, 0.2) is 42.9 Å². The lowest BCUT2D eigenvalue weighted by atomic mass is 9.91. The summed E-state index contributed by atoms with van der Waals surface area (Å²) in [5.74, 6) is -0.422. The highest BCUT2D eigenvalue weighted by molar-refractivity contribution is 5.92. The average Bonchev–Trinajstić information content (AvgIpc) is 2.59. The molecule has 6 heteroatoms. The van der Waals surface area contributed by atoms with Gasteiger partial charge in [0.15, 0.2) is 0 Å². The molecule has 1 aromatic heterocycles. The van der Waals surface area contributed by atoms with E-state index >= 15 is 0 Å². The van der Waals surface area contributed by atoms with Crippen molar-refractivity contribution >= 4 is 5.91 Å². The van der Waals surface area contributed by atoms with Crippen molar-refractivity contribution in [3.05, 3.63) is 59.9 Å². The van der Waals surface area contributed by atoms with Gasteiger partial charge >= 0.3 is 0 Å². The number of piperidine rings is 1. The largest absolute Gasteiger partial charge is 0.346 e. The molecule has 1 amide bonds. The number of carbonyl (C=O) groups excluding carboxylic acids is 1. The first-order chi connectivity index (χ1) is 11.6. The number of benzene rings is 1. The summed E-state index contributed by atoms with van der Waals surface area (Å²) in [6.45, 7) is 0.972. The first-order valence-corrected chi connectivity index (χ1v) is 8.15. The average molecular weight is 328 g/mol. The van der Waals surface area contributed by atoms with Gasteiger partial charge in [-0.15, -0.1) is 0 Å². The van der Waals surface area contributed by atoms with E-state index in [9.17, 15) is 9.18 Å². The molecule has 24 heavy (non-hydrogen) atoms. The topological polar surface area (TPSA) is 58.1 Å². The fourth-order valence-corrected chi connectivity index (χ4v) is 3.27. The van der Waals surface area contributed by atoms with Gasteiger partial charge in [0.1, 0.15) is 17.8 Å². The van der Waals surface area contributed by atoms with E-state index in [0.717, 1.165) is 24.9 Å². The Morgan fingerprint density at radius 3 is 3.04 bits per heavy atom. The molecule has 1 saturated heterocycles. The van der Waals surface area contributed by atoms with Crippen molar-refractivity contribution in [2.45, 2.75) is 31.3 Å². The Kier molecular flexibility index (Phi) is 5.15. The fourth-order valence-electron chi connectivity index (χ4n) is 3.27. The lowest BCUT2D eigenvalue weighted by Crippen LogP contribution is -2.55. The van der Waals surface area contributed by atoms with Crippen LogP contribution in [-0.2, 0) is 6.42 Å². The van der Waals surface area contributed by atoms with Gasteiger partial charge in [-0.2, -0.15) is 0 Å². The molecule has 126 valence electrons. The zero-order valence-electron chi connectivity index (χ0n) is 13.7. The summed E-state index contributed by atoms with van der Waals surface area (Å²) in [5, 5.41) is 3.09. The molecular formula is C18H21FN4O. The number of amides is 1. The van der Waals surface area contributed by atoms with Crippen LogP contribution in [0.5, 0.6) is 0 Å². The van der Waals surface area contributed by atoms with Gasteiger partial charge in [0.25, 0.3) is 5.91 Å². The minimum atomic E-state index is -0.229. The summed E-state index contributed by atoms with van der Waals surface area (Å²) in [6.07, 6.45) is 5.54. The second-order valence-electron chi connectivity index (χ2n) is 6.20. The summed E-state index contributed by atoms with van der Waals surface area (Å²) in [5.41, 5.74) is 1.30. The molecule has 1 N–H and O–H groups in total. The maximum atomic E-state index is 13.4. The van der Waals surface area contributed by atoms with Gasteiger partial charge in [-0.05, 0) is 56.6 Å². The molecule has 5 nitrogen and oxygen atoms in total. The van der Waals surface area contributed by atoms with E-state index in [1.54, 1.807) is 24.4 Å². The lowest BCUT2D eigenvalue weighted by molar-refractivity contribution is 0.0846. The van der Waals surface area contributed by atoms with Crippen molar-refractivity contribution in [1.82, 2.24) is 20.2 Å². The molecule has 1 aromatic carbocycles. The number of carbonyl (C=O) groups is 1. The monoisotopic (exact) mass is 328 g/mol. The number of nitrogens with one attached hydrogen (secondary N) is 1. The molecule has 0 spiro atoms. The molecule has 0 unspecified atom stereocenters. The van der Waals surface area contributed by atoms with Crippen LogP contribution in [0.25, 0.3) is 0 Å². The third-order valence-electron chi connectivity index (χ3n) is 4.52. The van der Waals surface area contributed by atoms with Crippen molar-refractivity contribution < 1.29 is 9.18 Å². The van der Waals surface area contributed by atoms with Crippen LogP contribution < -0.4 is 5.32 Å². The minimum Gasteiger partial charge on any atom is -0.346 e. The number of likely N-dealkylation sites (N-methyl/N-ethyl adjacent to an activating group) is 1. The molecule has 1 aliphatic heterocycles. The van der Waals surface area contributed by atoms with Crippen LogP contribution in [0, 0.1) is 5.82 Å². The van der Waals surface area contributed by atoms with E-state index in [1.807, 2.05) is 13.1 Å². The number of rotatable bonds is 4. The molecule has 1 fully saturated rings. The molecule has 0 bridgehead atoms. The van der Waals surface area contributed by atoms with Gasteiger partial charge in [0, 0.05) is 18.3 Å². The second kappa shape index (κ2) is 7.49. The molecule has 0 saturated carbocycles. The van der Waals surface area contributed by atoms with Gasteiger partial charge in [-0.3, -0.25) is 4.79 Å². The normalized spacial score (nSPS) is 21.4. The molecule has 2 atom stereocenters. The van der Waals surface area contributed by atoms with Crippen LogP contribution >= 0.6 is 0 Å². The lowest BCUT2D eigenvalue weighted by Gasteiger charge is -2.39. The Labute approximate surface area is 140 Å². The van der Waals surface area contributed by atoms with E-state index in [4.69, 9.17) is 0 Å². The van der Waals surface area contributed by atoms with Gasteiger partial charge in [-0.25, -0.2) is 14.4 Å². The van der Waals surface area contributed by atoms with Crippen molar-refractivity contribution in [1.29, 1.82) is 0 Å². The molecule has 2 heterocycles. The van der Waals surface area contributed by atoms with E-state index < -0.39 is 0 Å². The Balaban J connectivity index is 1.73. The van der Waals surface area contributed by atoms with Crippen LogP contribution in [0.1, 0.15) is 28.9 Å². The summed E-state index contributed by atoms with van der Waals surface area (Å²) in [7, 11) is 2.05. The van der Waals surface area contributed by atoms with E-state index in [2.05, 4.69) is 20.2 Å². The zero-order chi connectivity index (χ0) is 16.9. The van der Waals surface area contributed by atoms with Gasteiger partial charge in [0.05, 0.1) is 0 Å². The summed E-state index contributed by atoms with van der Waals surface area (Å²) in [6, 6.07) is 8.40. The summed E-state index contributed by atoms with van der Waals surface area (Å²) < 4.78 is 13.4. The Morgan fingerprint density at radius 1 is 1.42 bits per heavy atom. The molecular weight excluding hydrogens is 307 g/mol. The van der Waals surface area contributed by atoms with Crippen molar-refractivity contribution in [3.8, 4) is 0 Å². The highest BCUT2D eigenvalue weighted by Crippen LogP contribution is 2.21. The Hall–Kier alpha value is -2.34. The highest BCUT2D eigenvalue weighted by Gasteiger charge is 2.30. The van der Waals surface area contributed by atoms with Gasteiger partial charge in [0.2, 0.25) is 0 Å². The first-order valence-electron chi connectivity index (χ1n) is 8.15. The van der Waals surface area contributed by atoms with Crippen LogP contribution in [0.4, 0.5) is 4.39 Å². The molecule has 0 radical (unpaired) electrons. The van der Waals surface area contributed by atoms with E-state index in [0.29, 0.717) is 12.1 Å². The maximum absolute atomic E-state index is 13.4. The SMILES string of the molecule is CN1CCC[C@H](NC(=O)c2ccncn2)[C@@H]1Cc1cccc(F)c1. The van der Waals surface area contributed by atoms with Crippen LogP contribution in [0.2, 0.25) is 0 Å². The summed E-state index contributed by atoms with van der Waals surface area (Å²) in [4.78, 5) is 22.5. The summed E-state index contributed by atoms with van der Waals surface area (Å²) >= 11 is 0. The molecule has 0 aliphatic carbocycles. The first kappa shape index (κ1) is 16.5. The highest BCUT2D eigenvalue weighted by atomic mass is 19.1. The number of aromatic nitrogens is 2. The second-order valence-corrected chi connectivity index (χ2v) is 6.20. The van der Waals surface area contributed by atoms with Crippen molar-refractivity contribution in [2.24, 2.45) is 0 Å². The standard InChI is InChI=1S/C18H21FN4O/c1-23-9-3-6-15(22-18(24)16-7-8-20-12-21-16)17(23)11-13-4-2-5-14(19)10-13/h2,4-5,7-8,10,12,15,17H,3,6,9,11H2,1H3,(H,22,24)/t15-,17-/m0/s1. The molecule has 1 aliphatic rings. The molecule has 2 aromatic rings. The van der Waals surface area contributed by atoms with Gasteiger partial charge in [-0.1, -0.05) is 12.1 Å². The minimum absolute atomic E-state index is 0.00878. The third kappa shape index (κ3) is 3.94. The quantitative estimate of drug-likeness (QED) is 0.933. The van der Waals surface area contributed by atoms with Crippen molar-refractivity contribution in [2.75, 3.05) is 13.6 Å². The Bertz CT molecular complexity index is 694. The van der Waals surface area contributed by atoms with E-state index in [-0.39, 0.29) is 23.8 Å². The van der Waals surface area contributed by atoms with Crippen LogP contribution in [-0.4, -0.2) is 46.5 Å². The maximum Gasteiger partial charge on any atom is 0.270 e. The number of likely N-dealkylation sites (tertiary alicyclic amines) is 1. The number of hydrogen-bond donors (Lipinski definition) is 1. The fraction of sp³-hybridized carbons (Fsp3) is 0.389. The Morgan fingerprint density at radius 2 is 2.29 bits per heavy atom. The number of halogens is 1. The van der Waals surface area contributed by atoms with Crippen molar-refractivity contribution in [3.63, 3.8) is 0 Å². The predicted molar refractivity (Wildman–Crippen MR) is 89.0 cm³/mol. The smallest absolute Gasteiger partial charge is 0.270 e.